The van der Waals surface area contributed by atoms with Gasteiger partial charge < -0.3 is 25.7 Å². The van der Waals surface area contributed by atoms with Gasteiger partial charge in [-0.1, -0.05) is 13.8 Å². The van der Waals surface area contributed by atoms with Gasteiger partial charge in [0.25, 0.3) is 11.8 Å². The fraction of sp³-hybridized carbons (Fsp3) is 0.684. The standard InChI is InChI=1S/C19H31N5O7/c1-3-14(25)20-10-12-23(13-11-21-15(26)4-2)19(30)22-9-5-6-18(29)31-24-16(27)7-8-17(24)28/h3-13H2,1-2H3,(H,20,25)(H,21,26)(H,22,30). The predicted octanol–water partition coefficient (Wildman–Crippen LogP) is -0.562. The van der Waals surface area contributed by atoms with Crippen LogP contribution in [0.1, 0.15) is 52.4 Å². The lowest BCUT2D eigenvalue weighted by molar-refractivity contribution is -0.197. The van der Waals surface area contributed by atoms with Crippen LogP contribution >= 0.6 is 0 Å². The molecule has 0 spiro atoms. The first kappa shape index (κ1) is 25.9. The number of hydrogen-bond donors (Lipinski definition) is 3. The number of carbonyl (C=O) groups excluding carboxylic acids is 6. The summed E-state index contributed by atoms with van der Waals surface area (Å²) in [6.45, 7) is 4.65. The fourth-order valence-corrected chi connectivity index (χ4v) is 2.57. The van der Waals surface area contributed by atoms with E-state index in [9.17, 15) is 28.8 Å². The molecule has 1 saturated heterocycles. The van der Waals surface area contributed by atoms with Crippen LogP contribution in [0.15, 0.2) is 0 Å². The molecule has 0 aliphatic carbocycles. The summed E-state index contributed by atoms with van der Waals surface area (Å²) in [6.07, 6.45) is 0.877. The second-order valence-corrected chi connectivity index (χ2v) is 6.77. The van der Waals surface area contributed by atoms with Crippen molar-refractivity contribution in [2.45, 2.75) is 52.4 Å². The van der Waals surface area contributed by atoms with Crippen LogP contribution in [0, 0.1) is 0 Å². The van der Waals surface area contributed by atoms with Gasteiger partial charge in [0.15, 0.2) is 0 Å². The van der Waals surface area contributed by atoms with Gasteiger partial charge in [-0.25, -0.2) is 9.59 Å². The van der Waals surface area contributed by atoms with Gasteiger partial charge in [0.2, 0.25) is 11.8 Å². The van der Waals surface area contributed by atoms with E-state index in [0.29, 0.717) is 17.9 Å². The molecule has 6 amide bonds. The van der Waals surface area contributed by atoms with Crippen LogP contribution in [-0.2, 0) is 28.8 Å². The minimum absolute atomic E-state index is 0.0232. The van der Waals surface area contributed by atoms with Gasteiger partial charge in [0.05, 0.1) is 0 Å². The maximum atomic E-state index is 12.4. The van der Waals surface area contributed by atoms with Gasteiger partial charge in [-0.2, -0.15) is 0 Å². The zero-order chi connectivity index (χ0) is 23.2. The Hall–Kier alpha value is -3.18. The van der Waals surface area contributed by atoms with Crippen molar-refractivity contribution in [3.8, 4) is 0 Å². The van der Waals surface area contributed by atoms with Crippen LogP contribution in [0.2, 0.25) is 0 Å². The number of imide groups is 1. The minimum atomic E-state index is -0.737. The Bertz CT molecular complexity index is 645. The summed E-state index contributed by atoms with van der Waals surface area (Å²) in [7, 11) is 0. The summed E-state index contributed by atoms with van der Waals surface area (Å²) in [5.41, 5.74) is 0. The predicted molar refractivity (Wildman–Crippen MR) is 108 cm³/mol. The Kier molecular flexibility index (Phi) is 11.6. The molecule has 0 aromatic rings. The summed E-state index contributed by atoms with van der Waals surface area (Å²) in [5, 5.41) is 8.51. The maximum absolute atomic E-state index is 12.4. The summed E-state index contributed by atoms with van der Waals surface area (Å²) < 4.78 is 0. The SMILES string of the molecule is CCC(=O)NCCN(CCNC(=O)CC)C(=O)NCCCC(=O)ON1C(=O)CCC1=O. The molecule has 0 unspecified atom stereocenters. The highest BCUT2D eigenvalue weighted by Gasteiger charge is 2.32. The number of rotatable bonds is 13. The lowest BCUT2D eigenvalue weighted by Gasteiger charge is -2.23. The van der Waals surface area contributed by atoms with Crippen LogP contribution in [0.4, 0.5) is 4.79 Å². The summed E-state index contributed by atoms with van der Waals surface area (Å²) >= 11 is 0. The first-order valence-corrected chi connectivity index (χ1v) is 10.4. The zero-order valence-electron chi connectivity index (χ0n) is 18.0. The van der Waals surface area contributed by atoms with Gasteiger partial charge in [0.1, 0.15) is 0 Å². The molecule has 1 fully saturated rings. The number of nitrogens with one attached hydrogen (secondary N) is 3. The Morgan fingerprint density at radius 1 is 0.871 bits per heavy atom. The third-order valence-electron chi connectivity index (χ3n) is 4.37. The molecular weight excluding hydrogens is 410 g/mol. The lowest BCUT2D eigenvalue weighted by Crippen LogP contribution is -2.47. The van der Waals surface area contributed by atoms with Crippen molar-refractivity contribution in [3.05, 3.63) is 0 Å². The van der Waals surface area contributed by atoms with E-state index in [4.69, 9.17) is 4.84 Å². The van der Waals surface area contributed by atoms with Crippen molar-refractivity contribution in [1.29, 1.82) is 0 Å². The van der Waals surface area contributed by atoms with Crippen molar-refractivity contribution in [2.75, 3.05) is 32.7 Å². The molecular formula is C19H31N5O7. The number of hydroxylamine groups is 2. The van der Waals surface area contributed by atoms with Gasteiger partial charge in [0, 0.05) is 64.8 Å². The second-order valence-electron chi connectivity index (χ2n) is 6.77. The average molecular weight is 441 g/mol. The molecule has 1 aliphatic heterocycles. The lowest BCUT2D eigenvalue weighted by atomic mass is 10.3. The van der Waals surface area contributed by atoms with Crippen LogP contribution < -0.4 is 16.0 Å². The first-order valence-electron chi connectivity index (χ1n) is 10.4. The highest BCUT2D eigenvalue weighted by Crippen LogP contribution is 2.12. The highest BCUT2D eigenvalue weighted by atomic mass is 16.7. The van der Waals surface area contributed by atoms with Crippen molar-refractivity contribution < 1.29 is 33.6 Å². The monoisotopic (exact) mass is 441 g/mol. The molecule has 1 heterocycles. The Labute approximate surface area is 181 Å². The smallest absolute Gasteiger partial charge is 0.333 e. The summed E-state index contributed by atoms with van der Waals surface area (Å²) in [5.74, 6) is -2.10. The molecule has 1 rings (SSSR count). The van der Waals surface area contributed by atoms with Crippen LogP contribution in [0.5, 0.6) is 0 Å². The van der Waals surface area contributed by atoms with Crippen LogP contribution in [0.3, 0.4) is 0 Å². The first-order chi connectivity index (χ1) is 14.8. The second kappa shape index (κ2) is 13.9. The molecule has 0 radical (unpaired) electrons. The third kappa shape index (κ3) is 9.92. The maximum Gasteiger partial charge on any atom is 0.333 e. The average Bonchev–Trinajstić information content (AvgIpc) is 3.06. The van der Waals surface area contributed by atoms with Crippen molar-refractivity contribution in [2.24, 2.45) is 0 Å². The number of urea groups is 1. The molecule has 12 heteroatoms. The third-order valence-corrected chi connectivity index (χ3v) is 4.37. The number of hydrogen-bond acceptors (Lipinski definition) is 7. The van der Waals surface area contributed by atoms with E-state index in [1.165, 1.54) is 4.90 Å². The normalized spacial score (nSPS) is 13.0. The Morgan fingerprint density at radius 3 is 1.87 bits per heavy atom. The highest BCUT2D eigenvalue weighted by molar-refractivity contribution is 6.01. The molecule has 174 valence electrons. The van der Waals surface area contributed by atoms with E-state index >= 15 is 0 Å². The van der Waals surface area contributed by atoms with Gasteiger partial charge in [-0.3, -0.25) is 19.2 Å². The molecule has 12 nitrogen and oxygen atoms in total. The van der Waals surface area contributed by atoms with E-state index < -0.39 is 23.8 Å². The van der Waals surface area contributed by atoms with Gasteiger partial charge in [-0.15, -0.1) is 5.06 Å². The molecule has 0 aromatic carbocycles. The van der Waals surface area contributed by atoms with Crippen LogP contribution in [0.25, 0.3) is 0 Å². The molecule has 0 saturated carbocycles. The van der Waals surface area contributed by atoms with Crippen molar-refractivity contribution >= 4 is 35.6 Å². The zero-order valence-corrected chi connectivity index (χ0v) is 18.0. The van der Waals surface area contributed by atoms with E-state index in [1.54, 1.807) is 13.8 Å². The van der Waals surface area contributed by atoms with E-state index in [1.807, 2.05) is 0 Å². The number of amides is 6. The number of carbonyl (C=O) groups is 6. The van der Waals surface area contributed by atoms with E-state index in [0.717, 1.165) is 0 Å². The summed E-state index contributed by atoms with van der Waals surface area (Å²) in [6, 6.07) is -0.408. The molecule has 0 bridgehead atoms. The topological polar surface area (TPSA) is 154 Å². The largest absolute Gasteiger partial charge is 0.354 e. The van der Waals surface area contributed by atoms with Gasteiger partial charge in [-0.05, 0) is 6.42 Å². The van der Waals surface area contributed by atoms with Crippen LogP contribution in [-0.4, -0.2) is 78.3 Å². The minimum Gasteiger partial charge on any atom is -0.354 e. The Morgan fingerprint density at radius 2 is 1.39 bits per heavy atom. The molecule has 0 atom stereocenters. The number of nitrogens with zero attached hydrogens (tertiary/aromatic N) is 2. The van der Waals surface area contributed by atoms with E-state index in [2.05, 4.69) is 16.0 Å². The quantitative estimate of drug-likeness (QED) is 0.256. The van der Waals surface area contributed by atoms with E-state index in [-0.39, 0.29) is 70.2 Å². The van der Waals surface area contributed by atoms with Gasteiger partial charge >= 0.3 is 12.0 Å². The molecule has 1 aliphatic rings. The van der Waals surface area contributed by atoms with Crippen molar-refractivity contribution in [1.82, 2.24) is 25.9 Å². The molecule has 31 heavy (non-hydrogen) atoms. The van der Waals surface area contributed by atoms with Crippen molar-refractivity contribution in [3.63, 3.8) is 0 Å². The molecule has 0 aromatic heterocycles. The Balaban J connectivity index is 2.38. The molecule has 3 N–H and O–H groups in total. The fourth-order valence-electron chi connectivity index (χ4n) is 2.57. The summed E-state index contributed by atoms with van der Waals surface area (Å²) in [4.78, 5) is 76.0.